The number of imide groups is 1. The molecule has 2 aliphatic heterocycles. The second-order valence-corrected chi connectivity index (χ2v) is 9.29. The molecule has 3 aromatic rings. The van der Waals surface area contributed by atoms with Gasteiger partial charge in [0.25, 0.3) is 5.82 Å². The molecular formula is C26H24N5O7S+. The number of anilines is 2. The zero-order chi connectivity index (χ0) is 27.6. The van der Waals surface area contributed by atoms with Gasteiger partial charge in [0, 0.05) is 24.4 Å². The lowest BCUT2D eigenvalue weighted by Crippen LogP contribution is -2.55. The van der Waals surface area contributed by atoms with E-state index < -0.39 is 28.3 Å². The second-order valence-electron chi connectivity index (χ2n) is 8.46. The van der Waals surface area contributed by atoms with Crippen molar-refractivity contribution in [2.75, 3.05) is 25.3 Å². The molecule has 13 heteroatoms. The lowest BCUT2D eigenvalue weighted by molar-refractivity contribution is -0.125. The molecule has 1 N–H and O–H groups in total. The number of nitrogens with one attached hydrogen (secondary N) is 1. The van der Waals surface area contributed by atoms with Crippen LogP contribution in [-0.2, 0) is 30.2 Å². The minimum Gasteiger partial charge on any atom is -0.464 e. The number of pyridine rings is 1. The highest BCUT2D eigenvalue weighted by Crippen LogP contribution is 2.44. The first-order valence-corrected chi connectivity index (χ1v) is 12.9. The quantitative estimate of drug-likeness (QED) is 0.254. The lowest BCUT2D eigenvalue weighted by atomic mass is 10.1. The van der Waals surface area contributed by atoms with Crippen LogP contribution in [0.4, 0.5) is 21.4 Å². The molecule has 200 valence electrons. The predicted molar refractivity (Wildman–Crippen MR) is 140 cm³/mol. The fraction of sp³-hybridized carbons (Fsp3) is 0.231. The van der Waals surface area contributed by atoms with Crippen LogP contribution in [0.2, 0.25) is 0 Å². The summed E-state index contributed by atoms with van der Waals surface area (Å²) in [6.45, 7) is 1.17. The summed E-state index contributed by atoms with van der Waals surface area (Å²) in [5.41, 5.74) is 1.02. The number of amides is 4. The molecule has 2 aliphatic rings. The molecule has 0 saturated carbocycles. The van der Waals surface area contributed by atoms with E-state index in [-0.39, 0.29) is 54.4 Å². The summed E-state index contributed by atoms with van der Waals surface area (Å²) in [6, 6.07) is 11.8. The van der Waals surface area contributed by atoms with E-state index in [1.54, 1.807) is 19.1 Å². The van der Waals surface area contributed by atoms with Crippen LogP contribution >= 0.6 is 11.3 Å². The topological polar surface area (TPSA) is 137 Å². The highest BCUT2D eigenvalue weighted by atomic mass is 32.1. The number of benzene rings is 1. The molecule has 4 amide bonds. The van der Waals surface area contributed by atoms with E-state index >= 15 is 0 Å². The maximum Gasteiger partial charge on any atom is 0.439 e. The summed E-state index contributed by atoms with van der Waals surface area (Å²) in [5, 5.41) is 4.19. The second kappa shape index (κ2) is 10.6. The molecular weight excluding hydrogens is 526 g/mol. The molecule has 0 aliphatic carbocycles. The smallest absolute Gasteiger partial charge is 0.439 e. The molecule has 5 rings (SSSR count). The third kappa shape index (κ3) is 4.41. The average Bonchev–Trinajstić information content (AvgIpc) is 3.70. The Hall–Kier alpha value is -4.62. The van der Waals surface area contributed by atoms with E-state index in [2.05, 4.69) is 15.3 Å². The Labute approximate surface area is 227 Å². The number of carbonyl (C=O) groups is 4. The molecule has 39 heavy (non-hydrogen) atoms. The van der Waals surface area contributed by atoms with Crippen molar-refractivity contribution in [1.29, 1.82) is 0 Å². The Bertz CT molecular complexity index is 1470. The van der Waals surface area contributed by atoms with E-state index in [0.29, 0.717) is 5.76 Å². The van der Waals surface area contributed by atoms with Gasteiger partial charge in [0.1, 0.15) is 12.2 Å². The Morgan fingerprint density at radius 1 is 1.15 bits per heavy atom. The van der Waals surface area contributed by atoms with Gasteiger partial charge in [0.05, 0.1) is 7.11 Å². The van der Waals surface area contributed by atoms with Crippen LogP contribution in [0.5, 0.6) is 0 Å². The number of methoxy groups -OCH3 is 1. The van der Waals surface area contributed by atoms with Crippen LogP contribution in [0, 0.1) is 0 Å². The third-order valence-electron chi connectivity index (χ3n) is 6.20. The number of carbonyl (C=O) groups excluding carboxylic acids is 4. The number of quaternary nitrogens is 1. The number of rotatable bonds is 8. The minimum absolute atomic E-state index is 0.0103. The van der Waals surface area contributed by atoms with Crippen LogP contribution in [-0.4, -0.2) is 54.2 Å². The Balaban J connectivity index is 1.71. The predicted octanol–water partition coefficient (Wildman–Crippen LogP) is 3.37. The third-order valence-corrected chi connectivity index (χ3v) is 7.03. The van der Waals surface area contributed by atoms with Crippen molar-refractivity contribution in [1.82, 2.24) is 19.8 Å². The highest BCUT2D eigenvalue weighted by molar-refractivity contribution is 7.14. The van der Waals surface area contributed by atoms with Crippen molar-refractivity contribution in [3.05, 3.63) is 76.9 Å². The van der Waals surface area contributed by atoms with E-state index in [4.69, 9.17) is 14.2 Å². The molecule has 1 unspecified atom stereocenters. The Morgan fingerprint density at radius 3 is 2.64 bits per heavy atom. The van der Waals surface area contributed by atoms with Gasteiger partial charge in [-0.2, -0.15) is 0 Å². The maximum absolute atomic E-state index is 13.7. The van der Waals surface area contributed by atoms with Gasteiger partial charge < -0.3 is 14.2 Å². The van der Waals surface area contributed by atoms with Gasteiger partial charge in [-0.1, -0.05) is 41.7 Å². The molecule has 1 aromatic carbocycles. The molecule has 1 saturated heterocycles. The molecule has 12 nitrogen and oxygen atoms in total. The molecule has 1 atom stereocenters. The molecule has 0 bridgehead atoms. The van der Waals surface area contributed by atoms with E-state index in [9.17, 15) is 19.2 Å². The number of aromatic nitrogens is 2. The number of urea groups is 1. The first-order valence-electron chi connectivity index (χ1n) is 12.0. The molecule has 1 fully saturated rings. The van der Waals surface area contributed by atoms with Crippen molar-refractivity contribution >= 4 is 51.8 Å². The van der Waals surface area contributed by atoms with Crippen LogP contribution in [0.25, 0.3) is 0 Å². The fourth-order valence-corrected chi connectivity index (χ4v) is 5.22. The van der Waals surface area contributed by atoms with Crippen LogP contribution < -0.4 is 14.7 Å². The summed E-state index contributed by atoms with van der Waals surface area (Å²) in [4.78, 5) is 62.7. The van der Waals surface area contributed by atoms with Crippen molar-refractivity contribution in [2.24, 2.45) is 0 Å². The van der Waals surface area contributed by atoms with Gasteiger partial charge in [-0.05, 0) is 17.7 Å². The van der Waals surface area contributed by atoms with Crippen molar-refractivity contribution in [3.8, 4) is 0 Å². The van der Waals surface area contributed by atoms with Crippen molar-refractivity contribution in [2.45, 2.75) is 19.8 Å². The number of allylic oxidation sites excluding steroid dienone is 1. The Morgan fingerprint density at radius 2 is 1.95 bits per heavy atom. The standard InChI is InChI=1S/C26H23N5O7S/c1-3-20(32)30(25-29-17(14-39-25)24(34)36-2)18-10-7-11-27-22(18)31(21(33)13-28-26(31)35)23-19(37-15-38-23)12-16-8-5-4-6-9-16/h4-11,14H,3,12-13,15H2,1-2H3/p+1. The summed E-state index contributed by atoms with van der Waals surface area (Å²) in [7, 11) is 1.23. The number of esters is 1. The first kappa shape index (κ1) is 26.0. The van der Waals surface area contributed by atoms with E-state index in [1.807, 2.05) is 30.3 Å². The number of hydrogen-bond donors (Lipinski definition) is 1. The van der Waals surface area contributed by atoms with Gasteiger partial charge in [0.15, 0.2) is 10.8 Å². The van der Waals surface area contributed by atoms with Crippen LogP contribution in [0.15, 0.2) is 65.7 Å². The average molecular weight is 551 g/mol. The van der Waals surface area contributed by atoms with Gasteiger partial charge in [0.2, 0.25) is 18.5 Å². The normalized spacial score (nSPS) is 18.4. The van der Waals surface area contributed by atoms with E-state index in [1.165, 1.54) is 23.6 Å². The van der Waals surface area contributed by atoms with Gasteiger partial charge >= 0.3 is 23.8 Å². The van der Waals surface area contributed by atoms with Crippen molar-refractivity contribution in [3.63, 3.8) is 0 Å². The highest BCUT2D eigenvalue weighted by Gasteiger charge is 2.62. The van der Waals surface area contributed by atoms with Crippen LogP contribution in [0.1, 0.15) is 29.4 Å². The number of nitrogens with zero attached hydrogens (tertiary/aromatic N) is 4. The van der Waals surface area contributed by atoms with Gasteiger partial charge in [-0.25, -0.2) is 29.3 Å². The number of hydrogen-bond acceptors (Lipinski definition) is 10. The van der Waals surface area contributed by atoms with Crippen LogP contribution in [0.3, 0.4) is 0 Å². The number of ether oxygens (including phenoxy) is 3. The first-order chi connectivity index (χ1) is 18.9. The monoisotopic (exact) mass is 550 g/mol. The molecule has 0 spiro atoms. The van der Waals surface area contributed by atoms with E-state index in [0.717, 1.165) is 16.9 Å². The molecule has 2 aromatic heterocycles. The largest absolute Gasteiger partial charge is 0.464 e. The zero-order valence-electron chi connectivity index (χ0n) is 21.1. The Kier molecular flexibility index (Phi) is 7.09. The van der Waals surface area contributed by atoms with Gasteiger partial charge in [-0.3, -0.25) is 10.1 Å². The minimum atomic E-state index is -1.07. The summed E-state index contributed by atoms with van der Waals surface area (Å²) < 4.78 is 15.3. The number of thiazole rings is 1. The lowest BCUT2D eigenvalue weighted by Gasteiger charge is -2.28. The zero-order valence-corrected chi connectivity index (χ0v) is 21.9. The molecule has 0 radical (unpaired) electrons. The SMILES string of the molecule is CCC(=O)N(c1nc(C(=O)OC)cs1)c1cccnc1[N+]1(C2=C(Cc3ccccc3)OCO2)C(=O)CNC1=O. The maximum atomic E-state index is 13.7. The summed E-state index contributed by atoms with van der Waals surface area (Å²) in [5.74, 6) is -1.44. The summed E-state index contributed by atoms with van der Waals surface area (Å²) in [6.07, 6.45) is 1.73. The summed E-state index contributed by atoms with van der Waals surface area (Å²) >= 11 is 1.03. The van der Waals surface area contributed by atoms with Gasteiger partial charge in [-0.15, -0.1) is 11.3 Å². The molecule has 4 heterocycles. The van der Waals surface area contributed by atoms with Crippen molar-refractivity contribution < 1.29 is 33.4 Å². The fourth-order valence-electron chi connectivity index (χ4n) is 4.40.